The number of carbonyl (C=O) groups is 1. The lowest BCUT2D eigenvalue weighted by Gasteiger charge is -2.29. The van der Waals surface area contributed by atoms with E-state index < -0.39 is 0 Å². The molecule has 0 radical (unpaired) electrons. The van der Waals surface area contributed by atoms with Crippen LogP contribution in [-0.2, 0) is 9.53 Å². The number of aryl methyl sites for hydroxylation is 2. The molecule has 0 aromatic heterocycles. The van der Waals surface area contributed by atoms with E-state index in [2.05, 4.69) is 49.1 Å². The summed E-state index contributed by atoms with van der Waals surface area (Å²) in [7, 11) is 0. The number of carbonyl (C=O) groups excluding carboxylic acids is 1. The van der Waals surface area contributed by atoms with E-state index in [1.165, 1.54) is 11.1 Å². The molecule has 0 N–H and O–H groups in total. The third-order valence-corrected chi connectivity index (χ3v) is 5.65. The standard InChI is InChI=1S/C23H27N3O2/c1-17-8-9-20(14-18(17)2)21-15-22(19-6-4-3-5-7-19)26(24-21)23(27)16-25-10-12-28-13-11-25/h3-9,14,22H,10-13,15-16H2,1-2H3/t22-/m0/s1. The first-order valence-electron chi connectivity index (χ1n) is 9.94. The summed E-state index contributed by atoms with van der Waals surface area (Å²) in [4.78, 5) is 15.3. The maximum Gasteiger partial charge on any atom is 0.257 e. The zero-order chi connectivity index (χ0) is 19.5. The minimum atomic E-state index is -0.0497. The van der Waals surface area contributed by atoms with E-state index in [1.54, 1.807) is 5.01 Å². The van der Waals surface area contributed by atoms with Crippen LogP contribution in [0.25, 0.3) is 0 Å². The largest absolute Gasteiger partial charge is 0.379 e. The molecule has 2 aliphatic rings. The number of rotatable bonds is 4. The maximum absolute atomic E-state index is 13.1. The van der Waals surface area contributed by atoms with Gasteiger partial charge in [0.1, 0.15) is 0 Å². The Hall–Kier alpha value is -2.50. The normalized spacial score (nSPS) is 20.3. The van der Waals surface area contributed by atoms with Crippen LogP contribution in [0.2, 0.25) is 0 Å². The fraction of sp³-hybridized carbons (Fsp3) is 0.391. The predicted octanol–water partition coefficient (Wildman–Crippen LogP) is 3.31. The SMILES string of the molecule is Cc1ccc(C2=NN(C(=O)CN3CCOCC3)[C@H](c3ccccc3)C2)cc1C. The van der Waals surface area contributed by atoms with Gasteiger partial charge in [0.05, 0.1) is 31.5 Å². The van der Waals surface area contributed by atoms with Crippen LogP contribution in [0.15, 0.2) is 53.6 Å². The Labute approximate surface area is 166 Å². The van der Waals surface area contributed by atoms with Crippen molar-refractivity contribution in [2.75, 3.05) is 32.8 Å². The second-order valence-electron chi connectivity index (χ2n) is 7.60. The topological polar surface area (TPSA) is 45.1 Å². The van der Waals surface area contributed by atoms with E-state index in [9.17, 15) is 4.79 Å². The van der Waals surface area contributed by atoms with Crippen LogP contribution < -0.4 is 0 Å². The molecule has 4 rings (SSSR count). The number of ether oxygens (including phenoxy) is 1. The van der Waals surface area contributed by atoms with Gasteiger partial charge in [-0.1, -0.05) is 42.5 Å². The Morgan fingerprint density at radius 2 is 1.82 bits per heavy atom. The highest BCUT2D eigenvalue weighted by Crippen LogP contribution is 2.33. The summed E-state index contributed by atoms with van der Waals surface area (Å²) in [6, 6.07) is 16.6. The maximum atomic E-state index is 13.1. The number of hydrazone groups is 1. The monoisotopic (exact) mass is 377 g/mol. The molecule has 28 heavy (non-hydrogen) atoms. The third-order valence-electron chi connectivity index (χ3n) is 5.65. The first kappa shape index (κ1) is 18.8. The molecule has 5 heteroatoms. The van der Waals surface area contributed by atoms with Crippen molar-refractivity contribution >= 4 is 11.6 Å². The van der Waals surface area contributed by atoms with E-state index in [0.717, 1.165) is 36.3 Å². The Morgan fingerprint density at radius 3 is 2.54 bits per heavy atom. The van der Waals surface area contributed by atoms with Gasteiger partial charge in [-0.15, -0.1) is 0 Å². The van der Waals surface area contributed by atoms with E-state index in [-0.39, 0.29) is 11.9 Å². The zero-order valence-corrected chi connectivity index (χ0v) is 16.6. The Morgan fingerprint density at radius 1 is 1.07 bits per heavy atom. The molecular weight excluding hydrogens is 350 g/mol. The molecule has 5 nitrogen and oxygen atoms in total. The Kier molecular flexibility index (Phi) is 5.55. The van der Waals surface area contributed by atoms with Crippen LogP contribution in [0.1, 0.15) is 34.7 Å². The molecule has 0 unspecified atom stereocenters. The van der Waals surface area contributed by atoms with Gasteiger partial charge in [0.25, 0.3) is 5.91 Å². The second-order valence-corrected chi connectivity index (χ2v) is 7.60. The fourth-order valence-corrected chi connectivity index (χ4v) is 3.79. The highest BCUT2D eigenvalue weighted by molar-refractivity contribution is 6.03. The van der Waals surface area contributed by atoms with Crippen molar-refractivity contribution < 1.29 is 9.53 Å². The molecule has 1 saturated heterocycles. The molecule has 2 aliphatic heterocycles. The summed E-state index contributed by atoms with van der Waals surface area (Å²) in [5.41, 5.74) is 5.72. The average molecular weight is 377 g/mol. The minimum absolute atomic E-state index is 0.0497. The van der Waals surface area contributed by atoms with Gasteiger partial charge in [-0.3, -0.25) is 9.69 Å². The highest BCUT2D eigenvalue weighted by Gasteiger charge is 2.33. The van der Waals surface area contributed by atoms with Gasteiger partial charge in [-0.2, -0.15) is 5.10 Å². The van der Waals surface area contributed by atoms with Crippen molar-refractivity contribution in [3.05, 3.63) is 70.8 Å². The molecule has 0 bridgehead atoms. The number of hydrogen-bond donors (Lipinski definition) is 0. The summed E-state index contributed by atoms with van der Waals surface area (Å²) in [6.07, 6.45) is 0.737. The smallest absolute Gasteiger partial charge is 0.257 e. The molecule has 1 amide bonds. The van der Waals surface area contributed by atoms with Crippen molar-refractivity contribution in [2.24, 2.45) is 5.10 Å². The number of benzene rings is 2. The van der Waals surface area contributed by atoms with Gasteiger partial charge < -0.3 is 4.74 Å². The Balaban J connectivity index is 1.61. The number of hydrogen-bond acceptors (Lipinski definition) is 4. The van der Waals surface area contributed by atoms with E-state index in [1.807, 2.05) is 18.2 Å². The van der Waals surface area contributed by atoms with E-state index >= 15 is 0 Å². The lowest BCUT2D eigenvalue weighted by Crippen LogP contribution is -2.43. The average Bonchev–Trinajstić information content (AvgIpc) is 3.17. The molecule has 0 spiro atoms. The third kappa shape index (κ3) is 4.01. The summed E-state index contributed by atoms with van der Waals surface area (Å²) < 4.78 is 5.40. The molecule has 1 fully saturated rings. The van der Waals surface area contributed by atoms with Crippen LogP contribution in [0, 0.1) is 13.8 Å². The van der Waals surface area contributed by atoms with Gasteiger partial charge in [0, 0.05) is 19.5 Å². The summed E-state index contributed by atoms with van der Waals surface area (Å²) in [6.45, 7) is 7.58. The molecule has 2 heterocycles. The molecule has 0 aliphatic carbocycles. The van der Waals surface area contributed by atoms with Gasteiger partial charge in [-0.25, -0.2) is 5.01 Å². The highest BCUT2D eigenvalue weighted by atomic mass is 16.5. The van der Waals surface area contributed by atoms with Crippen molar-refractivity contribution in [1.29, 1.82) is 0 Å². The first-order valence-corrected chi connectivity index (χ1v) is 9.94. The summed E-state index contributed by atoms with van der Waals surface area (Å²) in [5.74, 6) is 0.0505. The van der Waals surface area contributed by atoms with Crippen molar-refractivity contribution in [1.82, 2.24) is 9.91 Å². The van der Waals surface area contributed by atoms with E-state index in [0.29, 0.717) is 19.8 Å². The summed E-state index contributed by atoms with van der Waals surface area (Å²) >= 11 is 0. The zero-order valence-electron chi connectivity index (χ0n) is 16.6. The predicted molar refractivity (Wildman–Crippen MR) is 110 cm³/mol. The molecular formula is C23H27N3O2. The van der Waals surface area contributed by atoms with Crippen molar-refractivity contribution in [3.8, 4) is 0 Å². The molecule has 0 saturated carbocycles. The quantitative estimate of drug-likeness (QED) is 0.821. The van der Waals surface area contributed by atoms with Crippen LogP contribution in [0.4, 0.5) is 0 Å². The molecule has 2 aromatic rings. The molecule has 2 aromatic carbocycles. The lowest BCUT2D eigenvalue weighted by molar-refractivity contribution is -0.135. The minimum Gasteiger partial charge on any atom is -0.379 e. The van der Waals surface area contributed by atoms with Gasteiger partial charge in [0.2, 0.25) is 0 Å². The van der Waals surface area contributed by atoms with E-state index in [4.69, 9.17) is 9.84 Å². The number of nitrogens with zero attached hydrogens (tertiary/aromatic N) is 3. The molecule has 146 valence electrons. The number of morpholine rings is 1. The fourth-order valence-electron chi connectivity index (χ4n) is 3.79. The van der Waals surface area contributed by atoms with Crippen LogP contribution in [0.3, 0.4) is 0 Å². The van der Waals surface area contributed by atoms with Crippen LogP contribution in [-0.4, -0.2) is 54.4 Å². The van der Waals surface area contributed by atoms with Crippen LogP contribution in [0.5, 0.6) is 0 Å². The molecule has 1 atom stereocenters. The van der Waals surface area contributed by atoms with Crippen LogP contribution >= 0.6 is 0 Å². The lowest BCUT2D eigenvalue weighted by atomic mass is 9.96. The van der Waals surface area contributed by atoms with Gasteiger partial charge in [-0.05, 0) is 42.2 Å². The second kappa shape index (κ2) is 8.25. The van der Waals surface area contributed by atoms with Crippen molar-refractivity contribution in [2.45, 2.75) is 26.3 Å². The van der Waals surface area contributed by atoms with Crippen molar-refractivity contribution in [3.63, 3.8) is 0 Å². The summed E-state index contributed by atoms with van der Waals surface area (Å²) in [5, 5.41) is 6.50. The first-order chi connectivity index (χ1) is 13.6. The Bertz CT molecular complexity index is 873. The van der Waals surface area contributed by atoms with Gasteiger partial charge >= 0.3 is 0 Å². The van der Waals surface area contributed by atoms with Gasteiger partial charge in [0.15, 0.2) is 0 Å². The number of amides is 1.